The molecule has 0 aliphatic rings. The first-order valence-corrected chi connectivity index (χ1v) is 10.7. The van der Waals surface area contributed by atoms with E-state index in [2.05, 4.69) is 10.2 Å². The maximum absolute atomic E-state index is 6.36. The lowest BCUT2D eigenvalue weighted by Gasteiger charge is -2.12. The lowest BCUT2D eigenvalue weighted by molar-refractivity contribution is 0.164. The average molecular weight is 434 g/mol. The summed E-state index contributed by atoms with van der Waals surface area (Å²) in [6, 6.07) is 13.3. The van der Waals surface area contributed by atoms with Crippen LogP contribution in [-0.4, -0.2) is 40.8 Å². The van der Waals surface area contributed by atoms with E-state index < -0.39 is 0 Å². The quantitative estimate of drug-likeness (QED) is 0.333. The third-order valence-electron chi connectivity index (χ3n) is 4.20. The normalized spacial score (nSPS) is 10.9. The van der Waals surface area contributed by atoms with E-state index >= 15 is 0 Å². The van der Waals surface area contributed by atoms with E-state index in [1.807, 2.05) is 60.9 Å². The first-order chi connectivity index (χ1) is 14.1. The molecule has 0 atom stereocenters. The van der Waals surface area contributed by atoms with Crippen molar-refractivity contribution in [2.75, 3.05) is 26.1 Å². The molecule has 0 saturated heterocycles. The Kier molecular flexibility index (Phi) is 7.80. The summed E-state index contributed by atoms with van der Waals surface area (Å²) in [5.41, 5.74) is 1.92. The monoisotopic (exact) mass is 433 g/mol. The summed E-state index contributed by atoms with van der Waals surface area (Å²) in [5, 5.41) is 10.2. The Labute approximate surface area is 180 Å². The van der Waals surface area contributed by atoms with Crippen LogP contribution in [0.15, 0.2) is 47.6 Å². The molecular formula is C21H24ClN3O3S. The summed E-state index contributed by atoms with van der Waals surface area (Å²) in [4.78, 5) is 0. The Morgan fingerprint density at radius 3 is 2.52 bits per heavy atom. The van der Waals surface area contributed by atoms with E-state index in [1.165, 1.54) is 0 Å². The molecule has 1 aromatic heterocycles. The van der Waals surface area contributed by atoms with Gasteiger partial charge in [-0.2, -0.15) is 0 Å². The molecule has 0 amide bonds. The number of aromatic nitrogens is 3. The molecule has 0 saturated carbocycles. The fourth-order valence-corrected chi connectivity index (χ4v) is 3.62. The van der Waals surface area contributed by atoms with E-state index in [9.17, 15) is 0 Å². The van der Waals surface area contributed by atoms with Gasteiger partial charge in [-0.25, -0.2) is 0 Å². The van der Waals surface area contributed by atoms with Crippen molar-refractivity contribution < 1.29 is 14.2 Å². The zero-order chi connectivity index (χ0) is 20.6. The number of thioether (sulfide) groups is 1. The van der Waals surface area contributed by atoms with Crippen molar-refractivity contribution in [2.45, 2.75) is 25.6 Å². The molecule has 3 rings (SSSR count). The summed E-state index contributed by atoms with van der Waals surface area (Å²) < 4.78 is 18.5. The topological polar surface area (TPSA) is 58.4 Å². The highest BCUT2D eigenvalue weighted by Gasteiger charge is 2.16. The average Bonchev–Trinajstić information content (AvgIpc) is 3.15. The summed E-state index contributed by atoms with van der Waals surface area (Å²) in [5.74, 6) is 2.99. The number of rotatable bonds is 10. The number of ether oxygens (including phenoxy) is 3. The Bertz CT molecular complexity index is 931. The first-order valence-electron chi connectivity index (χ1n) is 9.30. The number of halogens is 1. The highest BCUT2D eigenvalue weighted by atomic mass is 35.5. The molecule has 0 aliphatic heterocycles. The fraction of sp³-hybridized carbons (Fsp3) is 0.333. The van der Waals surface area contributed by atoms with Gasteiger partial charge in [-0.3, -0.25) is 4.57 Å². The van der Waals surface area contributed by atoms with Crippen LogP contribution in [0.4, 0.5) is 0 Å². The number of hydrogen-bond donors (Lipinski definition) is 0. The maximum atomic E-state index is 6.36. The van der Waals surface area contributed by atoms with Gasteiger partial charge in [0.25, 0.3) is 0 Å². The van der Waals surface area contributed by atoms with E-state index in [4.69, 9.17) is 25.8 Å². The second-order valence-electron chi connectivity index (χ2n) is 6.18. The molecule has 2 aromatic carbocycles. The minimum atomic E-state index is 0.275. The maximum Gasteiger partial charge on any atom is 0.196 e. The van der Waals surface area contributed by atoms with Gasteiger partial charge in [0.05, 0.1) is 19.4 Å². The third kappa shape index (κ3) is 5.65. The summed E-state index contributed by atoms with van der Waals surface area (Å²) in [6.45, 7) is 5.58. The van der Waals surface area contributed by atoms with Crippen LogP contribution in [0, 0.1) is 6.92 Å². The van der Waals surface area contributed by atoms with Gasteiger partial charge in [0.1, 0.15) is 18.1 Å². The SMILES string of the molecule is CCOCCSc1nnc(COc2ccc(OC)cc2)n1-c1ccc(C)c(Cl)c1. The second kappa shape index (κ2) is 10.5. The highest BCUT2D eigenvalue weighted by molar-refractivity contribution is 7.99. The highest BCUT2D eigenvalue weighted by Crippen LogP contribution is 2.26. The largest absolute Gasteiger partial charge is 0.497 e. The Hall–Kier alpha value is -2.22. The van der Waals surface area contributed by atoms with Gasteiger partial charge in [0.2, 0.25) is 0 Å². The molecule has 0 aliphatic carbocycles. The molecule has 29 heavy (non-hydrogen) atoms. The van der Waals surface area contributed by atoms with Crippen LogP contribution in [0.1, 0.15) is 18.3 Å². The van der Waals surface area contributed by atoms with Gasteiger partial charge < -0.3 is 14.2 Å². The molecule has 0 spiro atoms. The molecule has 154 valence electrons. The molecule has 6 nitrogen and oxygen atoms in total. The zero-order valence-electron chi connectivity index (χ0n) is 16.7. The van der Waals surface area contributed by atoms with Crippen LogP contribution in [-0.2, 0) is 11.3 Å². The number of nitrogens with zero attached hydrogens (tertiary/aromatic N) is 3. The number of methoxy groups -OCH3 is 1. The molecule has 0 fully saturated rings. The van der Waals surface area contributed by atoms with Gasteiger partial charge in [0.15, 0.2) is 11.0 Å². The Balaban J connectivity index is 1.82. The lowest BCUT2D eigenvalue weighted by Crippen LogP contribution is -2.07. The van der Waals surface area contributed by atoms with Crippen molar-refractivity contribution >= 4 is 23.4 Å². The lowest BCUT2D eigenvalue weighted by atomic mass is 10.2. The molecule has 1 heterocycles. The van der Waals surface area contributed by atoms with Crippen LogP contribution >= 0.6 is 23.4 Å². The van der Waals surface area contributed by atoms with Crippen molar-refractivity contribution in [3.63, 3.8) is 0 Å². The van der Waals surface area contributed by atoms with Crippen molar-refractivity contribution in [1.82, 2.24) is 14.8 Å². The van der Waals surface area contributed by atoms with Crippen LogP contribution in [0.5, 0.6) is 11.5 Å². The van der Waals surface area contributed by atoms with E-state index in [0.29, 0.717) is 24.1 Å². The van der Waals surface area contributed by atoms with E-state index in [1.54, 1.807) is 18.9 Å². The van der Waals surface area contributed by atoms with Gasteiger partial charge in [-0.05, 0) is 55.8 Å². The molecular weight excluding hydrogens is 410 g/mol. The van der Waals surface area contributed by atoms with Crippen LogP contribution in [0.2, 0.25) is 5.02 Å². The Morgan fingerprint density at radius 2 is 1.83 bits per heavy atom. The standard InChI is InChI=1S/C21H24ClN3O3S/c1-4-27-11-12-29-21-24-23-20(14-28-18-9-7-17(26-3)8-10-18)25(21)16-6-5-15(2)19(22)13-16/h5-10,13H,4,11-12,14H2,1-3H3. The molecule has 0 bridgehead atoms. The van der Waals surface area contributed by atoms with Gasteiger partial charge >= 0.3 is 0 Å². The summed E-state index contributed by atoms with van der Waals surface area (Å²) >= 11 is 7.95. The first kappa shape index (κ1) is 21.5. The number of hydrogen-bond acceptors (Lipinski definition) is 6. The van der Waals surface area contributed by atoms with E-state index in [-0.39, 0.29) is 6.61 Å². The number of aryl methyl sites for hydroxylation is 1. The predicted octanol–water partition coefficient (Wildman–Crippen LogP) is 4.95. The molecule has 0 unspecified atom stereocenters. The summed E-state index contributed by atoms with van der Waals surface area (Å²) in [7, 11) is 1.63. The predicted molar refractivity (Wildman–Crippen MR) is 116 cm³/mol. The summed E-state index contributed by atoms with van der Waals surface area (Å²) in [6.07, 6.45) is 0. The molecule has 3 aromatic rings. The smallest absolute Gasteiger partial charge is 0.196 e. The zero-order valence-corrected chi connectivity index (χ0v) is 18.3. The third-order valence-corrected chi connectivity index (χ3v) is 5.50. The minimum absolute atomic E-state index is 0.275. The van der Waals surface area contributed by atoms with Crippen molar-refractivity contribution in [2.24, 2.45) is 0 Å². The second-order valence-corrected chi connectivity index (χ2v) is 7.65. The minimum Gasteiger partial charge on any atom is -0.497 e. The molecule has 0 N–H and O–H groups in total. The van der Waals surface area contributed by atoms with Crippen LogP contribution in [0.3, 0.4) is 0 Å². The number of benzene rings is 2. The van der Waals surface area contributed by atoms with E-state index in [0.717, 1.165) is 33.7 Å². The van der Waals surface area contributed by atoms with Crippen molar-refractivity contribution in [3.05, 3.63) is 58.9 Å². The fourth-order valence-electron chi connectivity index (χ4n) is 2.62. The van der Waals surface area contributed by atoms with Gasteiger partial charge in [0, 0.05) is 17.4 Å². The van der Waals surface area contributed by atoms with Crippen LogP contribution < -0.4 is 9.47 Å². The molecule has 0 radical (unpaired) electrons. The van der Waals surface area contributed by atoms with Gasteiger partial charge in [-0.15, -0.1) is 10.2 Å². The van der Waals surface area contributed by atoms with Crippen molar-refractivity contribution in [3.8, 4) is 17.2 Å². The molecule has 8 heteroatoms. The Morgan fingerprint density at radius 1 is 1.07 bits per heavy atom. The van der Waals surface area contributed by atoms with Crippen LogP contribution in [0.25, 0.3) is 5.69 Å². The van der Waals surface area contributed by atoms with Gasteiger partial charge in [-0.1, -0.05) is 29.4 Å². The van der Waals surface area contributed by atoms with Crippen molar-refractivity contribution in [1.29, 1.82) is 0 Å².